The van der Waals surface area contributed by atoms with Gasteiger partial charge in [0, 0.05) is 12.1 Å². The first-order valence-electron chi connectivity index (χ1n) is 4.84. The Morgan fingerprint density at radius 3 is 3.07 bits per heavy atom. The SMILES string of the molecule is Cc1nccc(CN=C(N)C2CC2)n1. The molecule has 4 heteroatoms. The summed E-state index contributed by atoms with van der Waals surface area (Å²) in [5.41, 5.74) is 6.70. The lowest BCUT2D eigenvalue weighted by atomic mass is 10.3. The van der Waals surface area contributed by atoms with Gasteiger partial charge in [-0.1, -0.05) is 0 Å². The van der Waals surface area contributed by atoms with Gasteiger partial charge < -0.3 is 5.73 Å². The molecule has 2 rings (SSSR count). The third-order valence-corrected chi connectivity index (χ3v) is 2.25. The minimum atomic E-state index is 0.540. The Balaban J connectivity index is 2.00. The number of aryl methyl sites for hydroxylation is 1. The van der Waals surface area contributed by atoms with Gasteiger partial charge in [0.25, 0.3) is 0 Å². The maximum Gasteiger partial charge on any atom is 0.125 e. The van der Waals surface area contributed by atoms with Crippen molar-refractivity contribution in [1.29, 1.82) is 0 Å². The van der Waals surface area contributed by atoms with Gasteiger partial charge in [0.15, 0.2) is 0 Å². The molecule has 0 bridgehead atoms. The van der Waals surface area contributed by atoms with Gasteiger partial charge in [-0.15, -0.1) is 0 Å². The summed E-state index contributed by atoms with van der Waals surface area (Å²) >= 11 is 0. The number of aliphatic imine (C=N–C) groups is 1. The lowest BCUT2D eigenvalue weighted by Crippen LogP contribution is -2.14. The number of aromatic nitrogens is 2. The average molecular weight is 190 g/mol. The van der Waals surface area contributed by atoms with Crippen molar-refractivity contribution in [1.82, 2.24) is 9.97 Å². The molecule has 0 amide bonds. The summed E-state index contributed by atoms with van der Waals surface area (Å²) in [5, 5.41) is 0. The predicted octanol–water partition coefficient (Wildman–Crippen LogP) is 1.05. The van der Waals surface area contributed by atoms with Crippen LogP contribution in [0.1, 0.15) is 24.4 Å². The van der Waals surface area contributed by atoms with Crippen LogP contribution in [-0.2, 0) is 6.54 Å². The second kappa shape index (κ2) is 3.74. The molecule has 1 heterocycles. The van der Waals surface area contributed by atoms with E-state index in [1.807, 2.05) is 13.0 Å². The fraction of sp³-hybridized carbons (Fsp3) is 0.500. The van der Waals surface area contributed by atoms with Crippen molar-refractivity contribution in [2.45, 2.75) is 26.3 Å². The number of amidine groups is 1. The van der Waals surface area contributed by atoms with E-state index in [0.29, 0.717) is 12.5 Å². The molecule has 1 saturated carbocycles. The van der Waals surface area contributed by atoms with Crippen LogP contribution in [0.5, 0.6) is 0 Å². The fourth-order valence-electron chi connectivity index (χ4n) is 1.27. The largest absolute Gasteiger partial charge is 0.387 e. The summed E-state index contributed by atoms with van der Waals surface area (Å²) in [6.45, 7) is 2.45. The molecule has 0 spiro atoms. The maximum absolute atomic E-state index is 5.77. The van der Waals surface area contributed by atoms with Crippen LogP contribution in [0, 0.1) is 12.8 Å². The van der Waals surface area contributed by atoms with Crippen LogP contribution in [0.4, 0.5) is 0 Å². The number of hydrogen-bond acceptors (Lipinski definition) is 3. The van der Waals surface area contributed by atoms with E-state index in [2.05, 4.69) is 15.0 Å². The van der Waals surface area contributed by atoms with E-state index in [1.165, 1.54) is 12.8 Å². The van der Waals surface area contributed by atoms with E-state index in [0.717, 1.165) is 17.4 Å². The fourth-order valence-corrected chi connectivity index (χ4v) is 1.27. The van der Waals surface area contributed by atoms with Crippen molar-refractivity contribution < 1.29 is 0 Å². The van der Waals surface area contributed by atoms with Crippen molar-refractivity contribution in [2.24, 2.45) is 16.6 Å². The molecule has 0 radical (unpaired) electrons. The van der Waals surface area contributed by atoms with Crippen LogP contribution in [0.2, 0.25) is 0 Å². The van der Waals surface area contributed by atoms with E-state index in [9.17, 15) is 0 Å². The molecule has 1 aromatic rings. The lowest BCUT2D eigenvalue weighted by Gasteiger charge is -1.99. The molecule has 0 unspecified atom stereocenters. The van der Waals surface area contributed by atoms with Gasteiger partial charge in [-0.05, 0) is 25.8 Å². The molecule has 74 valence electrons. The first kappa shape index (κ1) is 9.12. The molecule has 4 nitrogen and oxygen atoms in total. The molecule has 1 aliphatic carbocycles. The standard InChI is InChI=1S/C10H14N4/c1-7-12-5-4-9(14-7)6-13-10(11)8-2-3-8/h4-5,8H,2-3,6H2,1H3,(H2,11,13). The number of hydrogen-bond donors (Lipinski definition) is 1. The van der Waals surface area contributed by atoms with Crippen LogP contribution in [0.25, 0.3) is 0 Å². The molecular weight excluding hydrogens is 176 g/mol. The summed E-state index contributed by atoms with van der Waals surface area (Å²) in [6.07, 6.45) is 4.14. The Kier molecular flexibility index (Phi) is 2.43. The third-order valence-electron chi connectivity index (χ3n) is 2.25. The van der Waals surface area contributed by atoms with Crippen molar-refractivity contribution in [3.63, 3.8) is 0 Å². The number of rotatable bonds is 3. The van der Waals surface area contributed by atoms with Gasteiger partial charge in [-0.3, -0.25) is 4.99 Å². The summed E-state index contributed by atoms with van der Waals surface area (Å²) in [6, 6.07) is 1.87. The molecule has 0 atom stereocenters. The molecule has 0 saturated heterocycles. The molecule has 1 fully saturated rings. The zero-order valence-electron chi connectivity index (χ0n) is 8.27. The van der Waals surface area contributed by atoms with Gasteiger partial charge in [0.1, 0.15) is 5.82 Å². The summed E-state index contributed by atoms with van der Waals surface area (Å²) in [5.74, 6) is 2.10. The third kappa shape index (κ3) is 2.28. The molecule has 2 N–H and O–H groups in total. The monoisotopic (exact) mass is 190 g/mol. The Bertz CT molecular complexity index is 355. The summed E-state index contributed by atoms with van der Waals surface area (Å²) < 4.78 is 0. The Hall–Kier alpha value is -1.45. The Morgan fingerprint density at radius 2 is 2.43 bits per heavy atom. The average Bonchev–Trinajstić information content (AvgIpc) is 2.97. The smallest absolute Gasteiger partial charge is 0.125 e. The van der Waals surface area contributed by atoms with Gasteiger partial charge >= 0.3 is 0 Å². The highest BCUT2D eigenvalue weighted by molar-refractivity contribution is 5.84. The first-order chi connectivity index (χ1) is 6.75. The second-order valence-corrected chi connectivity index (χ2v) is 3.61. The number of nitrogens with two attached hydrogens (primary N) is 1. The summed E-state index contributed by atoms with van der Waals surface area (Å²) in [7, 11) is 0. The van der Waals surface area contributed by atoms with Gasteiger partial charge in [-0.2, -0.15) is 0 Å². The van der Waals surface area contributed by atoms with Gasteiger partial charge in [0.05, 0.1) is 18.1 Å². The molecule has 14 heavy (non-hydrogen) atoms. The molecular formula is C10H14N4. The van der Waals surface area contributed by atoms with Gasteiger partial charge in [-0.25, -0.2) is 9.97 Å². The van der Waals surface area contributed by atoms with Crippen molar-refractivity contribution in [3.05, 3.63) is 23.8 Å². The van der Waals surface area contributed by atoms with Crippen LogP contribution in [-0.4, -0.2) is 15.8 Å². The maximum atomic E-state index is 5.77. The summed E-state index contributed by atoms with van der Waals surface area (Å²) in [4.78, 5) is 12.6. The highest BCUT2D eigenvalue weighted by Crippen LogP contribution is 2.28. The highest BCUT2D eigenvalue weighted by Gasteiger charge is 2.25. The zero-order chi connectivity index (χ0) is 9.97. The van der Waals surface area contributed by atoms with Gasteiger partial charge in [0.2, 0.25) is 0 Å². The molecule has 0 aliphatic heterocycles. The van der Waals surface area contributed by atoms with E-state index in [4.69, 9.17) is 5.73 Å². The lowest BCUT2D eigenvalue weighted by molar-refractivity contribution is 0.915. The Morgan fingerprint density at radius 1 is 1.64 bits per heavy atom. The van der Waals surface area contributed by atoms with E-state index >= 15 is 0 Å². The molecule has 1 aliphatic rings. The second-order valence-electron chi connectivity index (χ2n) is 3.61. The molecule has 1 aromatic heterocycles. The topological polar surface area (TPSA) is 64.2 Å². The van der Waals surface area contributed by atoms with Crippen molar-refractivity contribution >= 4 is 5.84 Å². The van der Waals surface area contributed by atoms with Crippen molar-refractivity contribution in [2.75, 3.05) is 0 Å². The van der Waals surface area contributed by atoms with Crippen LogP contribution in [0.15, 0.2) is 17.3 Å². The number of nitrogens with zero attached hydrogens (tertiary/aromatic N) is 3. The zero-order valence-corrected chi connectivity index (χ0v) is 8.27. The highest BCUT2D eigenvalue weighted by atomic mass is 14.9. The minimum Gasteiger partial charge on any atom is -0.387 e. The molecule has 0 aromatic carbocycles. The van der Waals surface area contributed by atoms with Crippen LogP contribution >= 0.6 is 0 Å². The predicted molar refractivity (Wildman–Crippen MR) is 54.8 cm³/mol. The normalized spacial score (nSPS) is 17.1. The first-order valence-corrected chi connectivity index (χ1v) is 4.84. The van der Waals surface area contributed by atoms with E-state index in [-0.39, 0.29) is 0 Å². The van der Waals surface area contributed by atoms with E-state index in [1.54, 1.807) is 6.20 Å². The Labute approximate surface area is 83.3 Å². The minimum absolute atomic E-state index is 0.540. The van der Waals surface area contributed by atoms with E-state index < -0.39 is 0 Å². The quantitative estimate of drug-likeness (QED) is 0.572. The van der Waals surface area contributed by atoms with Crippen LogP contribution < -0.4 is 5.73 Å². The van der Waals surface area contributed by atoms with Crippen molar-refractivity contribution in [3.8, 4) is 0 Å². The van der Waals surface area contributed by atoms with Crippen LogP contribution in [0.3, 0.4) is 0 Å².